The molecule has 2 unspecified atom stereocenters. The summed E-state index contributed by atoms with van der Waals surface area (Å²) in [5.74, 6) is -2.92. The van der Waals surface area contributed by atoms with E-state index in [0.29, 0.717) is 0 Å². The summed E-state index contributed by atoms with van der Waals surface area (Å²) in [6.07, 6.45) is -2.85. The van der Waals surface area contributed by atoms with E-state index in [1.165, 1.54) is 13.8 Å². The molecule has 0 bridgehead atoms. The maximum atomic E-state index is 11.7. The molecule has 0 heterocycles. The summed E-state index contributed by atoms with van der Waals surface area (Å²) in [6, 6.07) is 0. The van der Waals surface area contributed by atoms with E-state index in [1.54, 1.807) is 0 Å². The molecule has 0 aliphatic heterocycles. The van der Waals surface area contributed by atoms with Gasteiger partial charge in [0.1, 0.15) is 25.9 Å². The molecular formula is C18H30O12. The van der Waals surface area contributed by atoms with Crippen molar-refractivity contribution in [2.45, 2.75) is 38.9 Å². The summed E-state index contributed by atoms with van der Waals surface area (Å²) >= 11 is 0. The third-order valence-electron chi connectivity index (χ3n) is 3.18. The van der Waals surface area contributed by atoms with Gasteiger partial charge in [0, 0.05) is 0 Å². The molecular weight excluding hydrogens is 408 g/mol. The molecule has 0 rings (SSSR count). The smallest absolute Gasteiger partial charge is 0.347 e. The first-order valence-electron chi connectivity index (χ1n) is 9.40. The Morgan fingerprint density at radius 1 is 0.700 bits per heavy atom. The maximum Gasteiger partial charge on any atom is 0.347 e. The molecule has 2 N–H and O–H groups in total. The number of hydrogen-bond acceptors (Lipinski definition) is 12. The summed E-state index contributed by atoms with van der Waals surface area (Å²) in [6.45, 7) is 2.71. The highest BCUT2D eigenvalue weighted by Crippen LogP contribution is 2.02. The number of carbonyl (C=O) groups excluding carboxylic acids is 4. The number of aliphatic hydroxyl groups is 2. The lowest BCUT2D eigenvalue weighted by atomic mass is 10.3. The maximum absolute atomic E-state index is 11.7. The SMILES string of the molecule is CC(O)C(=O)OCCOCCOC(=O)CCC(=O)OC(C)C(=O)OCCOCCO. The lowest BCUT2D eigenvalue weighted by Crippen LogP contribution is -2.27. The minimum atomic E-state index is -1.21. The molecule has 2 atom stereocenters. The van der Waals surface area contributed by atoms with E-state index in [0.717, 1.165) is 0 Å². The van der Waals surface area contributed by atoms with Crippen molar-refractivity contribution in [1.29, 1.82) is 0 Å². The number of carbonyl (C=O) groups is 4. The average Bonchev–Trinajstić information content (AvgIpc) is 2.70. The third-order valence-corrected chi connectivity index (χ3v) is 3.18. The number of esters is 4. The summed E-state index contributed by atoms with van der Waals surface area (Å²) < 4.78 is 29.2. The van der Waals surface area contributed by atoms with Gasteiger partial charge in [-0.15, -0.1) is 0 Å². The standard InChI is InChI=1S/C18H30O12/c1-13(20)17(23)28-11-9-26-7-10-27-15(21)3-4-16(22)30-14(2)18(24)29-12-8-25-6-5-19/h13-14,19-20H,3-12H2,1-2H3. The van der Waals surface area contributed by atoms with Gasteiger partial charge in [0.2, 0.25) is 0 Å². The van der Waals surface area contributed by atoms with Crippen molar-refractivity contribution in [3.8, 4) is 0 Å². The molecule has 12 heteroatoms. The Morgan fingerprint density at radius 2 is 1.20 bits per heavy atom. The van der Waals surface area contributed by atoms with Gasteiger partial charge in [-0.25, -0.2) is 9.59 Å². The predicted octanol–water partition coefficient (Wildman–Crippen LogP) is -1.27. The fraction of sp³-hybridized carbons (Fsp3) is 0.778. The fourth-order valence-corrected chi connectivity index (χ4v) is 1.70. The Bertz CT molecular complexity index is 519. The van der Waals surface area contributed by atoms with E-state index < -0.39 is 36.1 Å². The second-order valence-corrected chi connectivity index (χ2v) is 5.81. The van der Waals surface area contributed by atoms with Crippen LogP contribution in [0.25, 0.3) is 0 Å². The Morgan fingerprint density at radius 3 is 1.77 bits per heavy atom. The second kappa shape index (κ2) is 17.6. The monoisotopic (exact) mass is 438 g/mol. The van der Waals surface area contributed by atoms with Gasteiger partial charge in [-0.3, -0.25) is 9.59 Å². The molecule has 0 radical (unpaired) electrons. The fourth-order valence-electron chi connectivity index (χ4n) is 1.70. The van der Waals surface area contributed by atoms with Crippen LogP contribution in [0.3, 0.4) is 0 Å². The van der Waals surface area contributed by atoms with Crippen LogP contribution in [-0.4, -0.2) is 99.2 Å². The Kier molecular flexibility index (Phi) is 16.2. The Labute approximate surface area is 174 Å². The number of aliphatic hydroxyl groups excluding tert-OH is 2. The minimum absolute atomic E-state index is 0.0418. The first kappa shape index (κ1) is 27.7. The van der Waals surface area contributed by atoms with Crippen molar-refractivity contribution in [3.05, 3.63) is 0 Å². The summed E-state index contributed by atoms with van der Waals surface area (Å²) in [4.78, 5) is 45.8. The first-order chi connectivity index (χ1) is 14.3. The molecule has 174 valence electrons. The van der Waals surface area contributed by atoms with Crippen LogP contribution in [0.5, 0.6) is 0 Å². The van der Waals surface area contributed by atoms with E-state index in [-0.39, 0.29) is 65.7 Å². The predicted molar refractivity (Wildman–Crippen MR) is 98.1 cm³/mol. The molecule has 0 saturated heterocycles. The molecule has 0 fully saturated rings. The van der Waals surface area contributed by atoms with Crippen LogP contribution < -0.4 is 0 Å². The largest absolute Gasteiger partial charge is 0.463 e. The Balaban J connectivity index is 3.72. The molecule has 0 amide bonds. The minimum Gasteiger partial charge on any atom is -0.463 e. The summed E-state index contributed by atoms with van der Waals surface area (Å²) in [5, 5.41) is 17.4. The van der Waals surface area contributed by atoms with Crippen LogP contribution in [0.2, 0.25) is 0 Å². The second-order valence-electron chi connectivity index (χ2n) is 5.81. The highest BCUT2D eigenvalue weighted by Gasteiger charge is 2.20. The average molecular weight is 438 g/mol. The van der Waals surface area contributed by atoms with Crippen molar-refractivity contribution in [2.75, 3.05) is 52.9 Å². The number of rotatable bonds is 17. The highest BCUT2D eigenvalue weighted by molar-refractivity contribution is 5.81. The lowest BCUT2D eigenvalue weighted by Gasteiger charge is -2.13. The summed E-state index contributed by atoms with van der Waals surface area (Å²) in [7, 11) is 0. The molecule has 0 aromatic heterocycles. The van der Waals surface area contributed by atoms with Gasteiger partial charge in [0.15, 0.2) is 6.10 Å². The van der Waals surface area contributed by atoms with Gasteiger partial charge in [-0.1, -0.05) is 0 Å². The van der Waals surface area contributed by atoms with Gasteiger partial charge >= 0.3 is 23.9 Å². The van der Waals surface area contributed by atoms with E-state index >= 15 is 0 Å². The van der Waals surface area contributed by atoms with Crippen molar-refractivity contribution < 1.29 is 57.8 Å². The zero-order valence-corrected chi connectivity index (χ0v) is 17.2. The van der Waals surface area contributed by atoms with Gasteiger partial charge in [-0.2, -0.15) is 0 Å². The molecule has 0 aliphatic carbocycles. The molecule has 30 heavy (non-hydrogen) atoms. The van der Waals surface area contributed by atoms with E-state index in [9.17, 15) is 19.2 Å². The zero-order chi connectivity index (χ0) is 22.8. The Hall–Kier alpha value is -2.28. The van der Waals surface area contributed by atoms with Gasteiger partial charge in [0.25, 0.3) is 0 Å². The first-order valence-corrected chi connectivity index (χ1v) is 9.40. The zero-order valence-electron chi connectivity index (χ0n) is 17.2. The van der Waals surface area contributed by atoms with Crippen molar-refractivity contribution in [2.24, 2.45) is 0 Å². The van der Waals surface area contributed by atoms with E-state index in [4.69, 9.17) is 33.9 Å². The summed E-state index contributed by atoms with van der Waals surface area (Å²) in [5.41, 5.74) is 0. The van der Waals surface area contributed by atoms with Crippen LogP contribution in [0.4, 0.5) is 0 Å². The highest BCUT2D eigenvalue weighted by atomic mass is 16.6. The van der Waals surface area contributed by atoms with Gasteiger partial charge < -0.3 is 38.6 Å². The van der Waals surface area contributed by atoms with Crippen LogP contribution in [0.15, 0.2) is 0 Å². The lowest BCUT2D eigenvalue weighted by molar-refractivity contribution is -0.168. The number of ether oxygens (including phenoxy) is 6. The van der Waals surface area contributed by atoms with Crippen molar-refractivity contribution in [1.82, 2.24) is 0 Å². The molecule has 0 spiro atoms. The molecule has 0 aliphatic rings. The molecule has 0 saturated carbocycles. The van der Waals surface area contributed by atoms with Crippen LogP contribution in [0.1, 0.15) is 26.7 Å². The normalized spacial score (nSPS) is 12.5. The topological polar surface area (TPSA) is 164 Å². The third kappa shape index (κ3) is 15.6. The molecule has 12 nitrogen and oxygen atoms in total. The van der Waals surface area contributed by atoms with Crippen LogP contribution in [0, 0.1) is 0 Å². The quantitative estimate of drug-likeness (QED) is 0.157. The number of hydrogen-bond donors (Lipinski definition) is 2. The molecule has 0 aromatic rings. The van der Waals surface area contributed by atoms with E-state index in [2.05, 4.69) is 4.74 Å². The van der Waals surface area contributed by atoms with E-state index in [1.807, 2.05) is 0 Å². The van der Waals surface area contributed by atoms with Crippen molar-refractivity contribution in [3.63, 3.8) is 0 Å². The molecule has 0 aromatic carbocycles. The van der Waals surface area contributed by atoms with Crippen molar-refractivity contribution >= 4 is 23.9 Å². The van der Waals surface area contributed by atoms with Gasteiger partial charge in [-0.05, 0) is 13.8 Å². The van der Waals surface area contributed by atoms with Gasteiger partial charge in [0.05, 0.1) is 45.9 Å². The van der Waals surface area contributed by atoms with Crippen LogP contribution >= 0.6 is 0 Å². The van der Waals surface area contributed by atoms with Crippen LogP contribution in [-0.2, 0) is 47.6 Å².